The Kier molecular flexibility index (Phi) is 4.81. The molecule has 0 spiro atoms. The van der Waals surface area contributed by atoms with Gasteiger partial charge in [0, 0.05) is 16.0 Å². The van der Waals surface area contributed by atoms with Gasteiger partial charge in [-0.2, -0.15) is 5.10 Å². The van der Waals surface area contributed by atoms with Crippen LogP contribution in [-0.4, -0.2) is 25.1 Å². The molecule has 160 valence electrons. The molecule has 0 radical (unpaired) electrons. The van der Waals surface area contributed by atoms with Gasteiger partial charge in [0.05, 0.1) is 11.4 Å². The number of aromatic amines is 1. The molecule has 3 aromatic carbocycles. The molecule has 7 heteroatoms. The molecule has 0 atom stereocenters. The second-order valence-corrected chi connectivity index (χ2v) is 8.80. The Morgan fingerprint density at radius 1 is 0.758 bits per heavy atom. The molecule has 6 nitrogen and oxygen atoms in total. The van der Waals surface area contributed by atoms with Gasteiger partial charge in [-0.15, -0.1) is 10.2 Å². The van der Waals surface area contributed by atoms with Crippen molar-refractivity contribution < 1.29 is 0 Å². The third-order valence-electron chi connectivity index (χ3n) is 5.54. The van der Waals surface area contributed by atoms with Crippen LogP contribution in [0, 0.1) is 6.92 Å². The molecular weight excluding hydrogens is 428 g/mol. The van der Waals surface area contributed by atoms with E-state index >= 15 is 0 Å². The van der Waals surface area contributed by atoms with Crippen LogP contribution in [0.1, 0.15) is 16.7 Å². The van der Waals surface area contributed by atoms with Crippen LogP contribution in [0.25, 0.3) is 33.4 Å². The van der Waals surface area contributed by atoms with E-state index in [-0.39, 0.29) is 0 Å². The predicted octanol–water partition coefficient (Wildman–Crippen LogP) is 5.82. The van der Waals surface area contributed by atoms with E-state index in [1.165, 1.54) is 5.56 Å². The van der Waals surface area contributed by atoms with E-state index in [2.05, 4.69) is 81.3 Å². The van der Waals surface area contributed by atoms with Gasteiger partial charge in [-0.25, -0.2) is 4.68 Å². The second kappa shape index (κ2) is 8.11. The summed E-state index contributed by atoms with van der Waals surface area (Å²) < 4.78 is 1.92. The van der Waals surface area contributed by atoms with Crippen molar-refractivity contribution >= 4 is 22.4 Å². The van der Waals surface area contributed by atoms with Crippen LogP contribution >= 0.6 is 11.8 Å². The summed E-state index contributed by atoms with van der Waals surface area (Å²) >= 11 is 1.61. The number of aryl methyl sites for hydroxylation is 1. The van der Waals surface area contributed by atoms with Crippen LogP contribution in [0.2, 0.25) is 0 Å². The highest BCUT2D eigenvalue weighted by Gasteiger charge is 2.26. The largest absolute Gasteiger partial charge is 0.289 e. The molecule has 6 rings (SSSR count). The highest BCUT2D eigenvalue weighted by Crippen LogP contribution is 2.42. The summed E-state index contributed by atoms with van der Waals surface area (Å²) in [5, 5.41) is 17.4. The SMILES string of the molecule is Cc1ccc(-c2cc(-c3nnc4n3NC(c3ccccc3)=C(c3ccccc3)S4)[nH]n2)cc1. The lowest BCUT2D eigenvalue weighted by Gasteiger charge is -2.24. The van der Waals surface area contributed by atoms with E-state index in [1.54, 1.807) is 11.8 Å². The highest BCUT2D eigenvalue weighted by atomic mass is 32.2. The fourth-order valence-corrected chi connectivity index (χ4v) is 4.83. The van der Waals surface area contributed by atoms with Crippen molar-refractivity contribution in [2.24, 2.45) is 0 Å². The fourth-order valence-electron chi connectivity index (χ4n) is 3.82. The average molecular weight is 449 g/mol. The number of fused-ring (bicyclic) bond motifs is 1. The molecule has 0 saturated carbocycles. The van der Waals surface area contributed by atoms with Crippen LogP contribution in [-0.2, 0) is 0 Å². The first-order chi connectivity index (χ1) is 16.3. The monoisotopic (exact) mass is 448 g/mol. The molecule has 1 aliphatic heterocycles. The molecule has 0 unspecified atom stereocenters. The summed E-state index contributed by atoms with van der Waals surface area (Å²) in [6, 6.07) is 31.0. The molecule has 0 amide bonds. The molecule has 3 heterocycles. The normalized spacial score (nSPS) is 13.0. The minimum Gasteiger partial charge on any atom is -0.289 e. The van der Waals surface area contributed by atoms with Crippen LogP contribution < -0.4 is 5.43 Å². The number of thioether (sulfide) groups is 1. The van der Waals surface area contributed by atoms with E-state index in [0.29, 0.717) is 5.82 Å². The standard InChI is InChI=1S/C26H20N6S/c1-17-12-14-18(15-13-17)21-16-22(28-27-21)25-29-30-26-32(25)31-23(19-8-4-2-5-9-19)24(33-26)20-10-6-3-7-11-20/h2-16,31H,1H3,(H,27,28). The molecule has 0 saturated heterocycles. The van der Waals surface area contributed by atoms with Gasteiger partial charge in [0.2, 0.25) is 11.0 Å². The first kappa shape index (κ1) is 19.6. The van der Waals surface area contributed by atoms with E-state index in [9.17, 15) is 0 Å². The van der Waals surface area contributed by atoms with Gasteiger partial charge in [0.1, 0.15) is 5.69 Å². The third-order valence-corrected chi connectivity index (χ3v) is 6.63. The smallest absolute Gasteiger partial charge is 0.215 e. The number of hydrogen-bond donors (Lipinski definition) is 2. The fraction of sp³-hybridized carbons (Fsp3) is 0.0385. The van der Waals surface area contributed by atoms with Crippen molar-refractivity contribution in [3.63, 3.8) is 0 Å². The van der Waals surface area contributed by atoms with Gasteiger partial charge < -0.3 is 0 Å². The summed E-state index contributed by atoms with van der Waals surface area (Å²) in [5.41, 5.74) is 10.8. The summed E-state index contributed by atoms with van der Waals surface area (Å²) in [5.74, 6) is 0.684. The van der Waals surface area contributed by atoms with E-state index in [1.807, 2.05) is 47.1 Å². The van der Waals surface area contributed by atoms with Gasteiger partial charge in [-0.3, -0.25) is 10.5 Å². The van der Waals surface area contributed by atoms with Crippen molar-refractivity contribution in [3.05, 3.63) is 108 Å². The summed E-state index contributed by atoms with van der Waals surface area (Å²) in [6.45, 7) is 2.08. The number of rotatable bonds is 4. The number of H-pyrrole nitrogens is 1. The number of aromatic nitrogens is 5. The van der Waals surface area contributed by atoms with Gasteiger partial charge >= 0.3 is 0 Å². The van der Waals surface area contributed by atoms with Crippen molar-refractivity contribution in [2.75, 3.05) is 5.43 Å². The first-order valence-corrected chi connectivity index (χ1v) is 11.5. The van der Waals surface area contributed by atoms with E-state index in [0.717, 1.165) is 43.8 Å². The van der Waals surface area contributed by atoms with Crippen LogP contribution in [0.5, 0.6) is 0 Å². The predicted molar refractivity (Wildman–Crippen MR) is 133 cm³/mol. The maximum atomic E-state index is 4.51. The van der Waals surface area contributed by atoms with Crippen molar-refractivity contribution in [3.8, 4) is 22.8 Å². The Labute approximate surface area is 195 Å². The zero-order valence-electron chi connectivity index (χ0n) is 17.9. The Hall–Kier alpha value is -4.10. The summed E-state index contributed by atoms with van der Waals surface area (Å²) in [4.78, 5) is 1.11. The minimum absolute atomic E-state index is 0.684. The van der Waals surface area contributed by atoms with Crippen LogP contribution in [0.3, 0.4) is 0 Å². The lowest BCUT2D eigenvalue weighted by atomic mass is 10.1. The molecule has 0 fully saturated rings. The highest BCUT2D eigenvalue weighted by molar-refractivity contribution is 8.08. The molecule has 0 aliphatic carbocycles. The van der Waals surface area contributed by atoms with E-state index in [4.69, 9.17) is 0 Å². The molecule has 2 N–H and O–H groups in total. The number of nitrogens with one attached hydrogen (secondary N) is 2. The number of hydrogen-bond acceptors (Lipinski definition) is 5. The van der Waals surface area contributed by atoms with Gasteiger partial charge in [-0.1, -0.05) is 90.5 Å². The van der Waals surface area contributed by atoms with Crippen LogP contribution in [0.15, 0.2) is 96.2 Å². The maximum Gasteiger partial charge on any atom is 0.215 e. The Morgan fingerprint density at radius 2 is 1.45 bits per heavy atom. The Bertz CT molecular complexity index is 1450. The summed E-state index contributed by atoms with van der Waals surface area (Å²) in [6.07, 6.45) is 0. The molecule has 5 aromatic rings. The lowest BCUT2D eigenvalue weighted by molar-refractivity contribution is 0.825. The minimum atomic E-state index is 0.684. The first-order valence-electron chi connectivity index (χ1n) is 10.6. The van der Waals surface area contributed by atoms with Gasteiger partial charge in [0.15, 0.2) is 0 Å². The third kappa shape index (κ3) is 3.62. The Balaban J connectivity index is 1.41. The zero-order chi connectivity index (χ0) is 22.2. The second-order valence-electron chi connectivity index (χ2n) is 7.82. The molecule has 0 bridgehead atoms. The summed E-state index contributed by atoms with van der Waals surface area (Å²) in [7, 11) is 0. The van der Waals surface area contributed by atoms with E-state index < -0.39 is 0 Å². The number of nitrogens with zero attached hydrogens (tertiary/aromatic N) is 4. The number of benzene rings is 3. The average Bonchev–Trinajstić information content (AvgIpc) is 3.52. The molecule has 1 aliphatic rings. The quantitative estimate of drug-likeness (QED) is 0.363. The Morgan fingerprint density at radius 3 is 2.18 bits per heavy atom. The van der Waals surface area contributed by atoms with Crippen molar-refractivity contribution in [2.45, 2.75) is 12.1 Å². The van der Waals surface area contributed by atoms with Crippen molar-refractivity contribution in [1.29, 1.82) is 0 Å². The lowest BCUT2D eigenvalue weighted by Crippen LogP contribution is -2.20. The topological polar surface area (TPSA) is 71.4 Å². The zero-order valence-corrected chi connectivity index (χ0v) is 18.7. The molecule has 2 aromatic heterocycles. The molecular formula is C26H20N6S. The van der Waals surface area contributed by atoms with Crippen molar-refractivity contribution in [1.82, 2.24) is 25.1 Å². The van der Waals surface area contributed by atoms with Gasteiger partial charge in [-0.05, 0) is 30.3 Å². The molecule has 33 heavy (non-hydrogen) atoms. The maximum absolute atomic E-state index is 4.51. The van der Waals surface area contributed by atoms with Crippen LogP contribution in [0.4, 0.5) is 0 Å². The van der Waals surface area contributed by atoms with Gasteiger partial charge in [0.25, 0.3) is 0 Å².